The van der Waals surface area contributed by atoms with Crippen molar-refractivity contribution >= 4 is 11.9 Å². The van der Waals surface area contributed by atoms with E-state index in [2.05, 4.69) is 5.32 Å². The number of carboxylic acids is 1. The van der Waals surface area contributed by atoms with Gasteiger partial charge in [0.15, 0.2) is 6.61 Å². The van der Waals surface area contributed by atoms with Gasteiger partial charge >= 0.3 is 5.97 Å². The largest absolute Gasteiger partial charge is 0.484 e. The predicted molar refractivity (Wildman–Crippen MR) is 91.8 cm³/mol. The van der Waals surface area contributed by atoms with Crippen molar-refractivity contribution < 1.29 is 19.4 Å². The Morgan fingerprint density at radius 1 is 1.00 bits per heavy atom. The molecule has 0 aliphatic rings. The fraction of sp³-hybridized carbons (Fsp3) is 0.263. The molecule has 0 saturated carbocycles. The smallest absolute Gasteiger partial charge is 0.326 e. The number of aliphatic carboxylic acids is 1. The van der Waals surface area contributed by atoms with Gasteiger partial charge in [0, 0.05) is 0 Å². The van der Waals surface area contributed by atoms with Crippen LogP contribution >= 0.6 is 0 Å². The van der Waals surface area contributed by atoms with Gasteiger partial charge in [0.25, 0.3) is 5.91 Å². The number of hydrogen-bond donors (Lipinski definition) is 2. The second-order valence-corrected chi connectivity index (χ2v) is 5.81. The number of rotatable bonds is 7. The predicted octanol–water partition coefficient (Wildman–Crippen LogP) is 2.96. The number of ether oxygens (including phenoxy) is 1. The molecule has 2 aromatic carbocycles. The molecule has 0 aliphatic carbocycles. The first kappa shape index (κ1) is 17.5. The lowest BCUT2D eigenvalue weighted by Crippen LogP contribution is -2.46. The molecule has 1 atom stereocenters. The molecule has 1 amide bonds. The summed E-state index contributed by atoms with van der Waals surface area (Å²) in [7, 11) is 0. The highest BCUT2D eigenvalue weighted by Crippen LogP contribution is 2.21. The Morgan fingerprint density at radius 2 is 1.58 bits per heavy atom. The molecule has 5 heteroatoms. The van der Waals surface area contributed by atoms with Gasteiger partial charge in [-0.1, -0.05) is 56.3 Å². The monoisotopic (exact) mass is 327 g/mol. The number of carboxylic acid groups (broad SMARTS) is 1. The molecule has 0 fully saturated rings. The van der Waals surface area contributed by atoms with Crippen molar-refractivity contribution in [2.24, 2.45) is 5.92 Å². The third kappa shape index (κ3) is 4.84. The molecule has 24 heavy (non-hydrogen) atoms. The van der Waals surface area contributed by atoms with Crippen LogP contribution in [0.5, 0.6) is 5.75 Å². The number of benzene rings is 2. The zero-order valence-electron chi connectivity index (χ0n) is 13.7. The van der Waals surface area contributed by atoms with E-state index in [0.717, 1.165) is 11.1 Å². The normalized spacial score (nSPS) is 11.8. The molecule has 0 saturated heterocycles. The fourth-order valence-electron chi connectivity index (χ4n) is 2.25. The van der Waals surface area contributed by atoms with Gasteiger partial charge in [-0.2, -0.15) is 0 Å². The quantitative estimate of drug-likeness (QED) is 0.820. The van der Waals surface area contributed by atoms with E-state index >= 15 is 0 Å². The Balaban J connectivity index is 1.90. The average molecular weight is 327 g/mol. The van der Waals surface area contributed by atoms with E-state index in [0.29, 0.717) is 5.75 Å². The lowest BCUT2D eigenvalue weighted by molar-refractivity contribution is -0.143. The van der Waals surface area contributed by atoms with Gasteiger partial charge in [-0.25, -0.2) is 4.79 Å². The highest BCUT2D eigenvalue weighted by atomic mass is 16.5. The van der Waals surface area contributed by atoms with E-state index in [1.54, 1.807) is 26.0 Å². The number of nitrogens with one attached hydrogen (secondary N) is 1. The Bertz CT molecular complexity index is 680. The zero-order valence-corrected chi connectivity index (χ0v) is 13.7. The van der Waals surface area contributed by atoms with Gasteiger partial charge in [-0.3, -0.25) is 4.79 Å². The highest BCUT2D eigenvalue weighted by Gasteiger charge is 2.23. The Kier molecular flexibility index (Phi) is 5.95. The van der Waals surface area contributed by atoms with Crippen LogP contribution in [0, 0.1) is 5.92 Å². The molecule has 5 nitrogen and oxygen atoms in total. The number of carbonyl (C=O) groups excluding carboxylic acids is 1. The van der Waals surface area contributed by atoms with Crippen molar-refractivity contribution in [2.75, 3.05) is 6.61 Å². The Morgan fingerprint density at radius 3 is 2.12 bits per heavy atom. The molecular formula is C19H21NO4. The standard InChI is InChI=1S/C19H21NO4/c1-13(2)18(19(22)23)20-17(21)12-24-16-10-8-15(9-11-16)14-6-4-3-5-7-14/h3-11,13,18H,12H2,1-2H3,(H,20,21)(H,22,23)/t18-/m1/s1. The summed E-state index contributed by atoms with van der Waals surface area (Å²) in [6.45, 7) is 3.26. The van der Waals surface area contributed by atoms with Gasteiger partial charge in [0.1, 0.15) is 11.8 Å². The summed E-state index contributed by atoms with van der Waals surface area (Å²) in [4.78, 5) is 22.9. The molecule has 0 radical (unpaired) electrons. The van der Waals surface area contributed by atoms with Crippen LogP contribution in [0.1, 0.15) is 13.8 Å². The van der Waals surface area contributed by atoms with E-state index in [4.69, 9.17) is 9.84 Å². The third-order valence-electron chi connectivity index (χ3n) is 3.58. The van der Waals surface area contributed by atoms with E-state index in [1.165, 1.54) is 0 Å². The van der Waals surface area contributed by atoms with E-state index in [1.807, 2.05) is 42.5 Å². The molecule has 0 unspecified atom stereocenters. The third-order valence-corrected chi connectivity index (χ3v) is 3.58. The molecule has 0 aliphatic heterocycles. The first-order valence-corrected chi connectivity index (χ1v) is 7.78. The molecular weight excluding hydrogens is 306 g/mol. The average Bonchev–Trinajstić information content (AvgIpc) is 2.58. The van der Waals surface area contributed by atoms with E-state index < -0.39 is 17.9 Å². The summed E-state index contributed by atoms with van der Waals surface area (Å²) >= 11 is 0. The Hall–Kier alpha value is -2.82. The minimum Gasteiger partial charge on any atom is -0.484 e. The van der Waals surface area contributed by atoms with Gasteiger partial charge in [-0.05, 0) is 29.2 Å². The molecule has 2 aromatic rings. The van der Waals surface area contributed by atoms with Crippen molar-refractivity contribution in [2.45, 2.75) is 19.9 Å². The lowest BCUT2D eigenvalue weighted by atomic mass is 10.1. The molecule has 0 aromatic heterocycles. The highest BCUT2D eigenvalue weighted by molar-refractivity contribution is 5.84. The van der Waals surface area contributed by atoms with Gasteiger partial charge < -0.3 is 15.2 Å². The number of hydrogen-bond acceptors (Lipinski definition) is 3. The van der Waals surface area contributed by atoms with Gasteiger partial charge in [-0.15, -0.1) is 0 Å². The minimum absolute atomic E-state index is 0.198. The van der Waals surface area contributed by atoms with Crippen molar-refractivity contribution in [1.82, 2.24) is 5.32 Å². The van der Waals surface area contributed by atoms with Crippen LogP contribution in [0.4, 0.5) is 0 Å². The minimum atomic E-state index is -1.05. The second-order valence-electron chi connectivity index (χ2n) is 5.81. The van der Waals surface area contributed by atoms with Crippen LogP contribution in [0.3, 0.4) is 0 Å². The number of carbonyl (C=O) groups is 2. The van der Waals surface area contributed by atoms with Crippen LogP contribution < -0.4 is 10.1 Å². The summed E-state index contributed by atoms with van der Waals surface area (Å²) in [5.41, 5.74) is 2.15. The van der Waals surface area contributed by atoms with Crippen molar-refractivity contribution in [3.63, 3.8) is 0 Å². The van der Waals surface area contributed by atoms with Crippen molar-refractivity contribution in [3.05, 3.63) is 54.6 Å². The first-order chi connectivity index (χ1) is 11.5. The molecule has 0 bridgehead atoms. The maximum Gasteiger partial charge on any atom is 0.326 e. The lowest BCUT2D eigenvalue weighted by Gasteiger charge is -2.18. The van der Waals surface area contributed by atoms with Crippen LogP contribution in [-0.2, 0) is 9.59 Å². The molecule has 2 rings (SSSR count). The van der Waals surface area contributed by atoms with Crippen molar-refractivity contribution in [3.8, 4) is 16.9 Å². The Labute approximate surface area is 141 Å². The van der Waals surface area contributed by atoms with Crippen LogP contribution in [0.25, 0.3) is 11.1 Å². The SMILES string of the molecule is CC(C)[C@@H](NC(=O)COc1ccc(-c2ccccc2)cc1)C(=O)O. The maximum absolute atomic E-state index is 11.8. The summed E-state index contributed by atoms with van der Waals surface area (Å²) in [5.74, 6) is -1.15. The van der Waals surface area contributed by atoms with E-state index in [9.17, 15) is 9.59 Å². The molecule has 0 spiro atoms. The zero-order chi connectivity index (χ0) is 17.5. The summed E-state index contributed by atoms with van der Waals surface area (Å²) in [6, 6.07) is 16.4. The number of amides is 1. The molecule has 0 heterocycles. The fourth-order valence-corrected chi connectivity index (χ4v) is 2.25. The topological polar surface area (TPSA) is 75.6 Å². The van der Waals surface area contributed by atoms with E-state index in [-0.39, 0.29) is 12.5 Å². The molecule has 126 valence electrons. The van der Waals surface area contributed by atoms with Crippen LogP contribution in [0.15, 0.2) is 54.6 Å². The second kappa shape index (κ2) is 8.15. The van der Waals surface area contributed by atoms with Gasteiger partial charge in [0.05, 0.1) is 0 Å². The molecule has 2 N–H and O–H groups in total. The summed E-state index contributed by atoms with van der Waals surface area (Å²) in [6.07, 6.45) is 0. The first-order valence-electron chi connectivity index (χ1n) is 7.78. The van der Waals surface area contributed by atoms with Gasteiger partial charge in [0.2, 0.25) is 0 Å². The summed E-state index contributed by atoms with van der Waals surface area (Å²) < 4.78 is 5.41. The summed E-state index contributed by atoms with van der Waals surface area (Å²) in [5, 5.41) is 11.5. The maximum atomic E-state index is 11.8. The van der Waals surface area contributed by atoms with Crippen LogP contribution in [-0.4, -0.2) is 29.6 Å². The van der Waals surface area contributed by atoms with Crippen molar-refractivity contribution in [1.29, 1.82) is 0 Å². The van der Waals surface area contributed by atoms with Crippen LogP contribution in [0.2, 0.25) is 0 Å².